The highest BCUT2D eigenvalue weighted by atomic mass is 35.5. The van der Waals surface area contributed by atoms with E-state index in [1.54, 1.807) is 6.20 Å². The Kier molecular flexibility index (Phi) is 5.81. The molecule has 0 radical (unpaired) electrons. The summed E-state index contributed by atoms with van der Waals surface area (Å²) in [5.41, 5.74) is 1.03. The molecule has 0 fully saturated rings. The Morgan fingerprint density at radius 2 is 1.95 bits per heavy atom. The molecule has 1 heterocycles. The molecule has 2 aromatic rings. The minimum atomic E-state index is 0.601. The lowest BCUT2D eigenvalue weighted by atomic mass is 10.1. The maximum atomic E-state index is 6.13. The van der Waals surface area contributed by atoms with E-state index in [2.05, 4.69) is 34.4 Å². The van der Waals surface area contributed by atoms with Gasteiger partial charge in [0.1, 0.15) is 5.82 Å². The second kappa shape index (κ2) is 7.84. The summed E-state index contributed by atoms with van der Waals surface area (Å²) in [6.07, 6.45) is 2.87. The van der Waals surface area contributed by atoms with Crippen LogP contribution < -0.4 is 10.6 Å². The van der Waals surface area contributed by atoms with E-state index in [4.69, 9.17) is 11.6 Å². The third-order valence-corrected chi connectivity index (χ3v) is 3.45. The van der Waals surface area contributed by atoms with E-state index < -0.39 is 0 Å². The number of halogens is 1. The number of nitrogens with zero attached hydrogens (tertiary/aromatic N) is 2. The van der Waals surface area contributed by atoms with Crippen LogP contribution in [-0.2, 0) is 6.54 Å². The summed E-state index contributed by atoms with van der Waals surface area (Å²) in [5.74, 6) is 2.12. The zero-order valence-corrected chi connectivity index (χ0v) is 13.2. The average Bonchev–Trinajstić information content (AvgIpc) is 2.46. The maximum absolute atomic E-state index is 6.13. The summed E-state index contributed by atoms with van der Waals surface area (Å²) < 4.78 is 0. The monoisotopic (exact) mass is 304 g/mol. The standard InChI is InChI=1S/C16H21ClN4/c1-12(2)7-9-18-15-8-10-19-16(21-15)20-11-13-5-3-4-6-14(13)17/h3-6,8,10,12H,7,9,11H2,1-2H3,(H2,18,19,20,21). The van der Waals surface area contributed by atoms with Gasteiger partial charge >= 0.3 is 0 Å². The number of rotatable bonds is 7. The van der Waals surface area contributed by atoms with Crippen LogP contribution in [0.5, 0.6) is 0 Å². The molecule has 2 rings (SSSR count). The highest BCUT2D eigenvalue weighted by Gasteiger charge is 2.02. The first kappa shape index (κ1) is 15.6. The van der Waals surface area contributed by atoms with Gasteiger partial charge in [-0.25, -0.2) is 4.98 Å². The van der Waals surface area contributed by atoms with Gasteiger partial charge in [-0.05, 0) is 30.0 Å². The number of hydrogen-bond donors (Lipinski definition) is 2. The van der Waals surface area contributed by atoms with E-state index in [1.807, 2.05) is 30.3 Å². The minimum absolute atomic E-state index is 0.601. The van der Waals surface area contributed by atoms with Crippen molar-refractivity contribution in [2.45, 2.75) is 26.8 Å². The van der Waals surface area contributed by atoms with Crippen LogP contribution in [0, 0.1) is 5.92 Å². The largest absolute Gasteiger partial charge is 0.370 e. The quantitative estimate of drug-likeness (QED) is 0.805. The first-order chi connectivity index (χ1) is 10.1. The Labute approximate surface area is 131 Å². The van der Waals surface area contributed by atoms with Gasteiger partial charge in [0, 0.05) is 24.3 Å². The van der Waals surface area contributed by atoms with Crippen molar-refractivity contribution in [3.8, 4) is 0 Å². The maximum Gasteiger partial charge on any atom is 0.224 e. The molecule has 0 saturated carbocycles. The second-order valence-corrected chi connectivity index (χ2v) is 5.73. The van der Waals surface area contributed by atoms with Gasteiger partial charge in [-0.3, -0.25) is 0 Å². The third-order valence-electron chi connectivity index (χ3n) is 3.08. The Balaban J connectivity index is 1.90. The van der Waals surface area contributed by atoms with E-state index in [0.29, 0.717) is 18.4 Å². The van der Waals surface area contributed by atoms with Gasteiger partial charge in [0.2, 0.25) is 5.95 Å². The molecule has 0 aliphatic heterocycles. The fourth-order valence-electron chi connectivity index (χ4n) is 1.85. The zero-order valence-electron chi connectivity index (χ0n) is 12.4. The number of nitrogens with one attached hydrogen (secondary N) is 2. The molecule has 0 spiro atoms. The Morgan fingerprint density at radius 3 is 2.71 bits per heavy atom. The number of anilines is 2. The van der Waals surface area contributed by atoms with Crippen molar-refractivity contribution in [1.29, 1.82) is 0 Å². The lowest BCUT2D eigenvalue weighted by molar-refractivity contribution is 0.606. The molecular weight excluding hydrogens is 284 g/mol. The number of aromatic nitrogens is 2. The molecule has 1 aromatic heterocycles. The molecule has 0 aliphatic carbocycles. The van der Waals surface area contributed by atoms with Gasteiger partial charge in [0.05, 0.1) is 0 Å². The highest BCUT2D eigenvalue weighted by Crippen LogP contribution is 2.16. The Morgan fingerprint density at radius 1 is 1.14 bits per heavy atom. The number of hydrogen-bond acceptors (Lipinski definition) is 4. The lowest BCUT2D eigenvalue weighted by Gasteiger charge is -2.10. The first-order valence-corrected chi connectivity index (χ1v) is 7.57. The van der Waals surface area contributed by atoms with Crippen LogP contribution in [0.2, 0.25) is 5.02 Å². The SMILES string of the molecule is CC(C)CCNc1ccnc(NCc2ccccc2Cl)n1. The van der Waals surface area contributed by atoms with Crippen LogP contribution in [0.1, 0.15) is 25.8 Å². The van der Waals surface area contributed by atoms with Crippen molar-refractivity contribution in [2.75, 3.05) is 17.2 Å². The Hall–Kier alpha value is -1.81. The summed E-state index contributed by atoms with van der Waals surface area (Å²) >= 11 is 6.13. The van der Waals surface area contributed by atoms with Crippen molar-refractivity contribution in [2.24, 2.45) is 5.92 Å². The molecule has 0 aliphatic rings. The summed E-state index contributed by atoms with van der Waals surface area (Å²) in [5, 5.41) is 7.25. The highest BCUT2D eigenvalue weighted by molar-refractivity contribution is 6.31. The lowest BCUT2D eigenvalue weighted by Crippen LogP contribution is -2.09. The molecule has 4 nitrogen and oxygen atoms in total. The normalized spacial score (nSPS) is 10.7. The summed E-state index contributed by atoms with van der Waals surface area (Å²) in [6, 6.07) is 9.62. The molecule has 112 valence electrons. The zero-order chi connectivity index (χ0) is 15.1. The topological polar surface area (TPSA) is 49.8 Å². The van der Waals surface area contributed by atoms with E-state index in [1.165, 1.54) is 0 Å². The predicted octanol–water partition coefficient (Wildman–Crippen LogP) is 4.20. The van der Waals surface area contributed by atoms with Crippen molar-refractivity contribution in [3.05, 3.63) is 47.1 Å². The van der Waals surface area contributed by atoms with E-state index in [9.17, 15) is 0 Å². The molecule has 1 aromatic carbocycles. The second-order valence-electron chi connectivity index (χ2n) is 5.32. The molecule has 21 heavy (non-hydrogen) atoms. The fraction of sp³-hybridized carbons (Fsp3) is 0.375. The van der Waals surface area contributed by atoms with Crippen molar-refractivity contribution >= 4 is 23.4 Å². The summed E-state index contributed by atoms with van der Waals surface area (Å²) in [4.78, 5) is 8.66. The molecule has 0 atom stereocenters. The van der Waals surface area contributed by atoms with Crippen molar-refractivity contribution < 1.29 is 0 Å². The third kappa shape index (κ3) is 5.23. The summed E-state index contributed by atoms with van der Waals surface area (Å²) in [7, 11) is 0. The molecule has 0 saturated heterocycles. The molecule has 0 bridgehead atoms. The van der Waals surface area contributed by atoms with Crippen LogP contribution in [-0.4, -0.2) is 16.5 Å². The Bertz CT molecular complexity index is 572. The van der Waals surface area contributed by atoms with Gasteiger partial charge in [0.25, 0.3) is 0 Å². The van der Waals surface area contributed by atoms with Gasteiger partial charge in [-0.2, -0.15) is 4.98 Å². The number of benzene rings is 1. The van der Waals surface area contributed by atoms with Crippen molar-refractivity contribution in [3.63, 3.8) is 0 Å². The van der Waals surface area contributed by atoms with Crippen LogP contribution in [0.15, 0.2) is 36.5 Å². The van der Waals surface area contributed by atoms with Crippen LogP contribution >= 0.6 is 11.6 Å². The smallest absolute Gasteiger partial charge is 0.224 e. The van der Waals surface area contributed by atoms with E-state index in [0.717, 1.165) is 29.4 Å². The van der Waals surface area contributed by atoms with Crippen LogP contribution in [0.25, 0.3) is 0 Å². The van der Waals surface area contributed by atoms with Gasteiger partial charge < -0.3 is 10.6 Å². The van der Waals surface area contributed by atoms with E-state index in [-0.39, 0.29) is 0 Å². The predicted molar refractivity (Wildman–Crippen MR) is 88.8 cm³/mol. The average molecular weight is 305 g/mol. The molecule has 5 heteroatoms. The van der Waals surface area contributed by atoms with Crippen molar-refractivity contribution in [1.82, 2.24) is 9.97 Å². The minimum Gasteiger partial charge on any atom is -0.370 e. The van der Waals surface area contributed by atoms with Crippen LogP contribution in [0.4, 0.5) is 11.8 Å². The molecule has 2 N–H and O–H groups in total. The van der Waals surface area contributed by atoms with Crippen LogP contribution in [0.3, 0.4) is 0 Å². The fourth-order valence-corrected chi connectivity index (χ4v) is 2.05. The molecular formula is C16H21ClN4. The first-order valence-electron chi connectivity index (χ1n) is 7.19. The summed E-state index contributed by atoms with van der Waals surface area (Å²) in [6.45, 7) is 5.93. The molecule has 0 amide bonds. The van der Waals surface area contributed by atoms with Gasteiger partial charge in [-0.1, -0.05) is 43.6 Å². The molecule has 0 unspecified atom stereocenters. The van der Waals surface area contributed by atoms with Gasteiger partial charge in [-0.15, -0.1) is 0 Å². The van der Waals surface area contributed by atoms with E-state index >= 15 is 0 Å². The van der Waals surface area contributed by atoms with Gasteiger partial charge in [0.15, 0.2) is 0 Å².